The second kappa shape index (κ2) is 11.3. The summed E-state index contributed by atoms with van der Waals surface area (Å²) in [7, 11) is -2.71. The molecule has 2 atom stereocenters. The van der Waals surface area contributed by atoms with Gasteiger partial charge in [0, 0.05) is 20.1 Å². The third-order valence-corrected chi connectivity index (χ3v) is 10.2. The Labute approximate surface area is 227 Å². The summed E-state index contributed by atoms with van der Waals surface area (Å²) in [5.74, 6) is -1.71. The molecule has 12 heteroatoms. The first-order valence-corrected chi connectivity index (χ1v) is 14.0. The Morgan fingerprint density at radius 1 is 1.28 bits per heavy atom. The first-order valence-electron chi connectivity index (χ1n) is 12.6. The van der Waals surface area contributed by atoms with Crippen molar-refractivity contribution in [3.05, 3.63) is 65.5 Å². The first-order chi connectivity index (χ1) is 18.1. The highest BCUT2D eigenvalue weighted by molar-refractivity contribution is 7.89. The number of alkyl halides is 2. The Hall–Kier alpha value is -2.86. The fraction of sp³-hybridized carbons (Fsp3) is 0.519. The van der Waals surface area contributed by atoms with Crippen LogP contribution in [0.1, 0.15) is 58.3 Å². The summed E-state index contributed by atoms with van der Waals surface area (Å²) in [5.41, 5.74) is -0.751. The van der Waals surface area contributed by atoms with E-state index in [1.54, 1.807) is 6.92 Å². The summed E-state index contributed by atoms with van der Waals surface area (Å²) < 4.78 is 84.0. The van der Waals surface area contributed by atoms with Crippen LogP contribution in [0.25, 0.3) is 5.70 Å². The SMILES string of the molecule is C=C(/C=C(\N=NC)c1c(F)cccc1F)C1CCC(C)(CN(CC)S(=O)(=O)c2cn(C(F)F)nc2C)C1(C)C. The fourth-order valence-electron chi connectivity index (χ4n) is 5.49. The molecule has 1 saturated carbocycles. The molecule has 1 heterocycles. The van der Waals surface area contributed by atoms with Crippen molar-refractivity contribution in [2.45, 2.75) is 58.9 Å². The van der Waals surface area contributed by atoms with E-state index in [0.29, 0.717) is 23.1 Å². The van der Waals surface area contributed by atoms with Gasteiger partial charge in [-0.2, -0.15) is 28.4 Å². The van der Waals surface area contributed by atoms with Crippen LogP contribution in [0.3, 0.4) is 0 Å². The van der Waals surface area contributed by atoms with Crippen LogP contribution in [0.2, 0.25) is 0 Å². The maximum atomic E-state index is 14.5. The van der Waals surface area contributed by atoms with E-state index < -0.39 is 39.0 Å². The Balaban J connectivity index is 1.93. The van der Waals surface area contributed by atoms with Crippen LogP contribution in [0.4, 0.5) is 17.6 Å². The molecule has 1 fully saturated rings. The number of allylic oxidation sites excluding steroid dienone is 2. The molecule has 2 unspecified atom stereocenters. The van der Waals surface area contributed by atoms with E-state index in [1.807, 2.05) is 20.8 Å². The fourth-order valence-corrected chi connectivity index (χ4v) is 7.22. The van der Waals surface area contributed by atoms with Crippen LogP contribution in [-0.4, -0.2) is 42.6 Å². The Morgan fingerprint density at radius 3 is 2.41 bits per heavy atom. The van der Waals surface area contributed by atoms with Gasteiger partial charge >= 0.3 is 6.55 Å². The molecule has 0 N–H and O–H groups in total. The van der Waals surface area contributed by atoms with Gasteiger partial charge in [0.25, 0.3) is 0 Å². The van der Waals surface area contributed by atoms with Crippen LogP contribution >= 0.6 is 0 Å². The lowest BCUT2D eigenvalue weighted by Crippen LogP contribution is -2.46. The smallest absolute Gasteiger partial charge is 0.210 e. The normalized spacial score (nSPS) is 21.9. The van der Waals surface area contributed by atoms with Crippen molar-refractivity contribution in [1.82, 2.24) is 14.1 Å². The van der Waals surface area contributed by atoms with Crippen LogP contribution in [0.15, 0.2) is 57.7 Å². The van der Waals surface area contributed by atoms with Gasteiger partial charge in [0.15, 0.2) is 0 Å². The summed E-state index contributed by atoms with van der Waals surface area (Å²) in [5, 5.41) is 11.3. The van der Waals surface area contributed by atoms with Crippen molar-refractivity contribution >= 4 is 15.7 Å². The van der Waals surface area contributed by atoms with Gasteiger partial charge in [0.05, 0.1) is 23.2 Å². The van der Waals surface area contributed by atoms with Crippen molar-refractivity contribution in [3.8, 4) is 0 Å². The minimum atomic E-state index is -4.11. The monoisotopic (exact) mass is 569 g/mol. The van der Waals surface area contributed by atoms with E-state index in [9.17, 15) is 26.0 Å². The molecule has 2 aromatic rings. The zero-order valence-corrected chi connectivity index (χ0v) is 23.9. The molecule has 0 amide bonds. The highest BCUT2D eigenvalue weighted by Crippen LogP contribution is 2.58. The average molecular weight is 570 g/mol. The molecule has 0 bridgehead atoms. The van der Waals surface area contributed by atoms with Gasteiger partial charge in [0.1, 0.15) is 16.5 Å². The third-order valence-electron chi connectivity index (χ3n) is 8.18. The molecule has 1 aliphatic rings. The second-order valence-corrected chi connectivity index (χ2v) is 12.5. The molecule has 1 aromatic heterocycles. The Morgan fingerprint density at radius 2 is 1.90 bits per heavy atom. The zero-order chi connectivity index (χ0) is 29.3. The zero-order valence-electron chi connectivity index (χ0n) is 23.0. The van der Waals surface area contributed by atoms with E-state index in [-0.39, 0.29) is 40.9 Å². The maximum Gasteiger partial charge on any atom is 0.333 e. The number of rotatable bonds is 10. The number of nitrogens with zero attached hydrogens (tertiary/aromatic N) is 5. The Bertz CT molecular complexity index is 1380. The standard InChI is InChI=1S/C27H35F4N5O2S/c1-8-35(39(37,38)23-15-36(25(30)31)34-18(23)3)16-27(6)13-12-19(26(27,4)5)17(2)14-22(33-32-7)24-20(28)10-9-11-21(24)29/h9-11,14-15,19,25H,2,8,12-13,16H2,1,3-7H3/b22-14-,33-32?. The number of azo groups is 1. The lowest BCUT2D eigenvalue weighted by atomic mass is 9.64. The van der Waals surface area contributed by atoms with E-state index >= 15 is 0 Å². The maximum absolute atomic E-state index is 14.5. The number of halogens is 4. The van der Waals surface area contributed by atoms with E-state index in [1.165, 1.54) is 30.4 Å². The van der Waals surface area contributed by atoms with Crippen molar-refractivity contribution in [2.24, 2.45) is 27.0 Å². The van der Waals surface area contributed by atoms with Crippen molar-refractivity contribution < 1.29 is 26.0 Å². The van der Waals surface area contributed by atoms with E-state index in [4.69, 9.17) is 0 Å². The minimum Gasteiger partial charge on any atom is -0.210 e. The van der Waals surface area contributed by atoms with E-state index in [0.717, 1.165) is 18.3 Å². The van der Waals surface area contributed by atoms with Crippen LogP contribution in [0.5, 0.6) is 0 Å². The highest BCUT2D eigenvalue weighted by Gasteiger charge is 2.53. The van der Waals surface area contributed by atoms with Gasteiger partial charge in [-0.3, -0.25) is 0 Å². The minimum absolute atomic E-state index is 0.000953. The lowest BCUT2D eigenvalue weighted by molar-refractivity contribution is 0.0560. The summed E-state index contributed by atoms with van der Waals surface area (Å²) in [6.45, 7) is 10.6. The van der Waals surface area contributed by atoms with Gasteiger partial charge in [-0.1, -0.05) is 40.3 Å². The second-order valence-electron chi connectivity index (χ2n) is 10.6. The molecule has 7 nitrogen and oxygen atoms in total. The van der Waals surface area contributed by atoms with Crippen LogP contribution in [0, 0.1) is 35.3 Å². The molecule has 1 aromatic carbocycles. The van der Waals surface area contributed by atoms with Gasteiger partial charge in [-0.25, -0.2) is 21.9 Å². The molecule has 3 rings (SSSR count). The summed E-state index contributed by atoms with van der Waals surface area (Å²) in [4.78, 5) is -0.255. The third kappa shape index (κ3) is 5.72. The molecular weight excluding hydrogens is 534 g/mol. The predicted octanol–water partition coefficient (Wildman–Crippen LogP) is 7.00. The lowest BCUT2D eigenvalue weighted by Gasteiger charge is -2.44. The van der Waals surface area contributed by atoms with Gasteiger partial charge in [-0.15, -0.1) is 0 Å². The summed E-state index contributed by atoms with van der Waals surface area (Å²) in [6, 6.07) is 3.55. The van der Waals surface area contributed by atoms with Gasteiger partial charge in [0.2, 0.25) is 10.0 Å². The molecule has 1 aliphatic carbocycles. The van der Waals surface area contributed by atoms with Crippen molar-refractivity contribution in [3.63, 3.8) is 0 Å². The number of hydrogen-bond donors (Lipinski definition) is 0. The largest absolute Gasteiger partial charge is 0.333 e. The molecule has 214 valence electrons. The molecule has 0 spiro atoms. The summed E-state index contributed by atoms with van der Waals surface area (Å²) in [6.07, 6.45) is 3.68. The summed E-state index contributed by atoms with van der Waals surface area (Å²) >= 11 is 0. The molecule has 39 heavy (non-hydrogen) atoms. The highest BCUT2D eigenvalue weighted by atomic mass is 32.2. The van der Waals surface area contributed by atoms with Gasteiger partial charge < -0.3 is 0 Å². The Kier molecular flexibility index (Phi) is 8.91. The van der Waals surface area contributed by atoms with E-state index in [2.05, 4.69) is 21.9 Å². The van der Waals surface area contributed by atoms with Gasteiger partial charge in [-0.05, 0) is 60.3 Å². The number of benzene rings is 1. The van der Waals surface area contributed by atoms with Crippen LogP contribution < -0.4 is 0 Å². The number of hydrogen-bond acceptors (Lipinski definition) is 5. The molecule has 0 radical (unpaired) electrons. The van der Waals surface area contributed by atoms with Crippen LogP contribution in [-0.2, 0) is 10.0 Å². The average Bonchev–Trinajstić information content (AvgIpc) is 3.35. The number of aryl methyl sites for hydroxylation is 1. The number of sulfonamides is 1. The first kappa shape index (κ1) is 30.7. The molecule has 0 saturated heterocycles. The molecule has 0 aliphatic heterocycles. The topological polar surface area (TPSA) is 79.9 Å². The number of aromatic nitrogens is 2. The van der Waals surface area contributed by atoms with Crippen molar-refractivity contribution in [2.75, 3.05) is 20.1 Å². The van der Waals surface area contributed by atoms with Crippen molar-refractivity contribution in [1.29, 1.82) is 0 Å². The predicted molar refractivity (Wildman–Crippen MR) is 142 cm³/mol. The quantitative estimate of drug-likeness (QED) is 0.176. The molecular formula is C27H35F4N5O2S.